The summed E-state index contributed by atoms with van der Waals surface area (Å²) in [5.74, 6) is 0.647. The van der Waals surface area contributed by atoms with E-state index >= 15 is 0 Å². The van der Waals surface area contributed by atoms with Crippen molar-refractivity contribution in [2.24, 2.45) is 9.98 Å². The van der Waals surface area contributed by atoms with Gasteiger partial charge in [-0.05, 0) is 58.5 Å². The maximum Gasteiger partial charge on any atom is 0.161 e. The second-order valence-electron chi connectivity index (χ2n) is 12.7. The third-order valence-electron chi connectivity index (χ3n) is 9.47. The van der Waals surface area contributed by atoms with E-state index in [4.69, 9.17) is 14.4 Å². The van der Waals surface area contributed by atoms with Gasteiger partial charge in [0.1, 0.15) is 16.9 Å². The van der Waals surface area contributed by atoms with Crippen LogP contribution < -0.4 is 0 Å². The first-order valence-electron chi connectivity index (χ1n) is 17.2. The van der Waals surface area contributed by atoms with Gasteiger partial charge in [-0.15, -0.1) is 0 Å². The summed E-state index contributed by atoms with van der Waals surface area (Å²) in [7, 11) is 0. The minimum Gasteiger partial charge on any atom is -0.456 e. The van der Waals surface area contributed by atoms with Gasteiger partial charge < -0.3 is 4.42 Å². The fraction of sp³-hybridized carbons (Fsp3) is 0.0208. The number of aliphatic imine (C=N–C) groups is 2. The van der Waals surface area contributed by atoms with Crippen LogP contribution in [0.15, 0.2) is 202 Å². The summed E-state index contributed by atoms with van der Waals surface area (Å²) in [6, 6.07) is 61.0. The Labute approximate surface area is 296 Å². The van der Waals surface area contributed by atoms with E-state index in [1.807, 2.05) is 66.7 Å². The number of allylic oxidation sites excluding steroid dienone is 1. The van der Waals surface area contributed by atoms with Crippen molar-refractivity contribution in [3.05, 3.63) is 204 Å². The first kappa shape index (κ1) is 30.3. The number of hydrogen-bond donors (Lipinski definition) is 0. The molecule has 0 amide bonds. The highest BCUT2D eigenvalue weighted by Gasteiger charge is 2.19. The molecule has 0 saturated heterocycles. The minimum absolute atomic E-state index is 0.647. The van der Waals surface area contributed by atoms with Crippen molar-refractivity contribution < 1.29 is 4.42 Å². The average molecular weight is 653 g/mol. The van der Waals surface area contributed by atoms with Gasteiger partial charge in [-0.2, -0.15) is 0 Å². The maximum absolute atomic E-state index is 6.43. The molecule has 0 spiro atoms. The number of furan rings is 1. The zero-order valence-electron chi connectivity index (χ0n) is 28.0. The standard InChI is InChI=1S/C48H32N2O/c1-32-30-43(49-48(39-16-9-4-10-17-39)50-47(32)38-14-7-3-8-15-38)41-18-11-19-45-46(41)42-31-40(28-29-44(42)51-45)37-26-24-36(25-27-37)35-22-20-34(21-23-35)33-12-5-2-6-13-33/h2-29,31H,1H3. The van der Waals surface area contributed by atoms with E-state index in [2.05, 4.69) is 122 Å². The minimum atomic E-state index is 0.647. The highest BCUT2D eigenvalue weighted by atomic mass is 16.3. The molecule has 0 fully saturated rings. The van der Waals surface area contributed by atoms with E-state index in [9.17, 15) is 0 Å². The lowest BCUT2D eigenvalue weighted by Gasteiger charge is -2.08. The Kier molecular flexibility index (Phi) is 7.66. The lowest BCUT2D eigenvalue weighted by Crippen LogP contribution is -2.06. The summed E-state index contributed by atoms with van der Waals surface area (Å²) in [5, 5.41) is 2.05. The van der Waals surface area contributed by atoms with Gasteiger partial charge in [-0.1, -0.05) is 163 Å². The van der Waals surface area contributed by atoms with Gasteiger partial charge in [0.2, 0.25) is 0 Å². The molecular formula is C48H32N2O. The van der Waals surface area contributed by atoms with Crippen molar-refractivity contribution in [3.8, 4) is 33.4 Å². The summed E-state index contributed by atoms with van der Waals surface area (Å²) >= 11 is 0. The van der Waals surface area contributed by atoms with Crippen LogP contribution in [-0.4, -0.2) is 11.5 Å². The third-order valence-corrected chi connectivity index (χ3v) is 9.47. The number of hydrogen-bond acceptors (Lipinski definition) is 3. The van der Waals surface area contributed by atoms with E-state index in [-0.39, 0.29) is 0 Å². The lowest BCUT2D eigenvalue weighted by atomic mass is 9.97. The van der Waals surface area contributed by atoms with Crippen molar-refractivity contribution >= 4 is 39.2 Å². The molecule has 3 nitrogen and oxygen atoms in total. The monoisotopic (exact) mass is 652 g/mol. The van der Waals surface area contributed by atoms with Gasteiger partial charge in [0.15, 0.2) is 5.84 Å². The van der Waals surface area contributed by atoms with E-state index in [0.717, 1.165) is 66.7 Å². The van der Waals surface area contributed by atoms with Crippen LogP contribution in [0.4, 0.5) is 0 Å². The van der Waals surface area contributed by atoms with E-state index in [1.165, 1.54) is 22.3 Å². The van der Waals surface area contributed by atoms with E-state index in [0.29, 0.717) is 5.84 Å². The predicted octanol–water partition coefficient (Wildman–Crippen LogP) is 12.4. The van der Waals surface area contributed by atoms with Crippen LogP contribution in [0.2, 0.25) is 0 Å². The molecule has 0 atom stereocenters. The van der Waals surface area contributed by atoms with Crippen LogP contribution in [0.25, 0.3) is 61.0 Å². The molecule has 0 unspecified atom stereocenters. The predicted molar refractivity (Wildman–Crippen MR) is 212 cm³/mol. The molecule has 0 N–H and O–H groups in total. The zero-order valence-corrected chi connectivity index (χ0v) is 28.0. The summed E-state index contributed by atoms with van der Waals surface area (Å²) in [5.41, 5.74) is 17.8. The molecule has 7 aromatic carbocycles. The SMILES string of the molecule is CC1=C=C(c2cccc3oc4ccc(-c5ccc(-c6ccc(-c7ccccc7)cc6)cc5)cc4c23)N=C(c2ccccc2)N=C1c1ccccc1. The van der Waals surface area contributed by atoms with Gasteiger partial charge in [0, 0.05) is 33.0 Å². The van der Waals surface area contributed by atoms with Crippen molar-refractivity contribution in [3.63, 3.8) is 0 Å². The molecule has 1 aliphatic heterocycles. The Hall–Kier alpha value is -6.80. The molecule has 0 saturated carbocycles. The van der Waals surface area contributed by atoms with Gasteiger partial charge in [-0.25, -0.2) is 9.98 Å². The Morgan fingerprint density at radius 2 is 0.941 bits per heavy atom. The van der Waals surface area contributed by atoms with Gasteiger partial charge >= 0.3 is 0 Å². The molecule has 240 valence electrons. The van der Waals surface area contributed by atoms with Gasteiger partial charge in [0.05, 0.1) is 5.71 Å². The van der Waals surface area contributed by atoms with Crippen LogP contribution in [0.1, 0.15) is 23.6 Å². The summed E-state index contributed by atoms with van der Waals surface area (Å²) in [4.78, 5) is 10.3. The quantitative estimate of drug-likeness (QED) is 0.165. The normalized spacial score (nSPS) is 13.0. The van der Waals surface area contributed by atoms with E-state index in [1.54, 1.807) is 0 Å². The molecule has 9 rings (SSSR count). The number of rotatable bonds is 6. The van der Waals surface area contributed by atoms with Gasteiger partial charge in [0.25, 0.3) is 0 Å². The Morgan fingerprint density at radius 1 is 0.431 bits per heavy atom. The van der Waals surface area contributed by atoms with Crippen LogP contribution >= 0.6 is 0 Å². The number of benzene rings is 7. The largest absolute Gasteiger partial charge is 0.456 e. The third kappa shape index (κ3) is 5.82. The van der Waals surface area contributed by atoms with Gasteiger partial charge in [-0.3, -0.25) is 0 Å². The van der Waals surface area contributed by atoms with Crippen molar-refractivity contribution in [1.82, 2.24) is 0 Å². The molecule has 0 bridgehead atoms. The fourth-order valence-corrected chi connectivity index (χ4v) is 6.85. The average Bonchev–Trinajstić information content (AvgIpc) is 3.49. The topological polar surface area (TPSA) is 37.9 Å². The Morgan fingerprint density at radius 3 is 1.55 bits per heavy atom. The van der Waals surface area contributed by atoms with Crippen molar-refractivity contribution in [2.75, 3.05) is 0 Å². The Balaban J connectivity index is 1.12. The van der Waals surface area contributed by atoms with E-state index < -0.39 is 0 Å². The molecule has 51 heavy (non-hydrogen) atoms. The Bertz CT molecular complexity index is 2680. The highest BCUT2D eigenvalue weighted by molar-refractivity contribution is 6.22. The number of nitrogens with zero attached hydrogens (tertiary/aromatic N) is 2. The lowest BCUT2D eigenvalue weighted by molar-refractivity contribution is 0.669. The second-order valence-corrected chi connectivity index (χ2v) is 12.7. The van der Waals surface area contributed by atoms with Crippen LogP contribution in [0.5, 0.6) is 0 Å². The van der Waals surface area contributed by atoms with Crippen molar-refractivity contribution in [2.45, 2.75) is 6.92 Å². The summed E-state index contributed by atoms with van der Waals surface area (Å²) < 4.78 is 6.43. The summed E-state index contributed by atoms with van der Waals surface area (Å²) in [6.45, 7) is 2.06. The number of fused-ring (bicyclic) bond motifs is 3. The molecule has 1 aromatic heterocycles. The summed E-state index contributed by atoms with van der Waals surface area (Å²) in [6.07, 6.45) is 0. The highest BCUT2D eigenvalue weighted by Crippen LogP contribution is 2.38. The fourth-order valence-electron chi connectivity index (χ4n) is 6.85. The molecular weight excluding hydrogens is 621 g/mol. The van der Waals surface area contributed by atoms with Crippen LogP contribution in [-0.2, 0) is 0 Å². The number of amidine groups is 1. The van der Waals surface area contributed by atoms with Crippen LogP contribution in [0.3, 0.4) is 0 Å². The van der Waals surface area contributed by atoms with Crippen molar-refractivity contribution in [1.29, 1.82) is 0 Å². The molecule has 3 heteroatoms. The first-order chi connectivity index (χ1) is 25.2. The molecule has 8 aromatic rings. The molecule has 0 aliphatic carbocycles. The molecule has 2 heterocycles. The smallest absolute Gasteiger partial charge is 0.161 e. The second kappa shape index (κ2) is 12.9. The maximum atomic E-state index is 6.43. The zero-order chi connectivity index (χ0) is 34.1. The first-order valence-corrected chi connectivity index (χ1v) is 17.2. The van der Waals surface area contributed by atoms with Crippen LogP contribution in [0, 0.1) is 0 Å². The molecule has 1 aliphatic rings. The molecule has 0 radical (unpaired) electrons.